The minimum Gasteiger partial charge on any atom is -0.496 e. The van der Waals surface area contributed by atoms with E-state index in [0.29, 0.717) is 29.0 Å². The van der Waals surface area contributed by atoms with Crippen molar-refractivity contribution in [2.45, 2.75) is 18.0 Å². The molecule has 0 spiro atoms. The number of aromatic nitrogens is 3. The van der Waals surface area contributed by atoms with Crippen LogP contribution in [0.3, 0.4) is 0 Å². The van der Waals surface area contributed by atoms with E-state index in [1.165, 1.54) is 39.5 Å². The quantitative estimate of drug-likeness (QED) is 0.281. The van der Waals surface area contributed by atoms with Crippen LogP contribution >= 0.6 is 0 Å². The maximum Gasteiger partial charge on any atom is 0.270 e. The Morgan fingerprint density at radius 1 is 1.11 bits per heavy atom. The second-order valence-corrected chi connectivity index (χ2v) is 9.35. The van der Waals surface area contributed by atoms with Gasteiger partial charge in [-0.25, -0.2) is 8.42 Å². The lowest BCUT2D eigenvalue weighted by molar-refractivity contribution is -0.116. The first-order valence-electron chi connectivity index (χ1n) is 10.9. The summed E-state index contributed by atoms with van der Waals surface area (Å²) in [6, 6.07) is 9.88. The Bertz CT molecular complexity index is 1540. The van der Waals surface area contributed by atoms with Gasteiger partial charge in [0.15, 0.2) is 16.3 Å². The fraction of sp³-hybridized carbons (Fsp3) is 0.208. The third-order valence-corrected chi connectivity index (χ3v) is 6.77. The minimum absolute atomic E-state index is 0.0503. The molecule has 12 nitrogen and oxygen atoms in total. The van der Waals surface area contributed by atoms with Gasteiger partial charge < -0.3 is 24.1 Å². The van der Waals surface area contributed by atoms with Crippen molar-refractivity contribution in [2.75, 3.05) is 26.1 Å². The summed E-state index contributed by atoms with van der Waals surface area (Å²) in [5.74, 6) is 0.230. The third-order valence-electron chi connectivity index (χ3n) is 5.37. The molecule has 4 aromatic rings. The summed E-state index contributed by atoms with van der Waals surface area (Å²) >= 11 is 0. The molecule has 2 heterocycles. The average Bonchev–Trinajstić information content (AvgIpc) is 3.52. The Morgan fingerprint density at radius 3 is 2.46 bits per heavy atom. The Morgan fingerprint density at radius 2 is 1.81 bits per heavy atom. The Hall–Kier alpha value is -4.52. The highest BCUT2D eigenvalue weighted by atomic mass is 32.2. The van der Waals surface area contributed by atoms with Crippen molar-refractivity contribution in [3.63, 3.8) is 0 Å². The molecule has 2 N–H and O–H groups in total. The zero-order chi connectivity index (χ0) is 26.6. The summed E-state index contributed by atoms with van der Waals surface area (Å²) in [6.07, 6.45) is 2.96. The van der Waals surface area contributed by atoms with E-state index in [9.17, 15) is 13.2 Å². The van der Waals surface area contributed by atoms with Crippen LogP contribution in [0.4, 0.5) is 5.82 Å². The molecule has 194 valence electrons. The minimum atomic E-state index is -4.18. The number of anilines is 1. The molecule has 2 aromatic heterocycles. The van der Waals surface area contributed by atoms with E-state index < -0.39 is 10.0 Å². The van der Waals surface area contributed by atoms with Crippen molar-refractivity contribution in [1.29, 1.82) is 0 Å². The van der Waals surface area contributed by atoms with Gasteiger partial charge in [-0.1, -0.05) is 17.8 Å². The van der Waals surface area contributed by atoms with Crippen LogP contribution in [0.2, 0.25) is 0 Å². The smallest absolute Gasteiger partial charge is 0.270 e. The van der Waals surface area contributed by atoms with Crippen LogP contribution in [0.5, 0.6) is 17.2 Å². The molecule has 0 saturated heterocycles. The van der Waals surface area contributed by atoms with E-state index in [1.807, 2.05) is 0 Å². The van der Waals surface area contributed by atoms with Gasteiger partial charge in [-0.05, 0) is 42.0 Å². The molecule has 1 amide bonds. The fourth-order valence-electron chi connectivity index (χ4n) is 3.70. The number of carbonyl (C=O) groups is 1. The maximum atomic E-state index is 13.3. The molecular weight excluding hydrogens is 502 g/mol. The van der Waals surface area contributed by atoms with Gasteiger partial charge in [0.1, 0.15) is 22.6 Å². The number of ether oxygens (including phenoxy) is 3. The molecule has 0 fully saturated rings. The molecule has 0 unspecified atom stereocenters. The van der Waals surface area contributed by atoms with E-state index in [4.69, 9.17) is 18.7 Å². The molecule has 4 rings (SSSR count). The lowest BCUT2D eigenvalue weighted by Crippen LogP contribution is -2.20. The summed E-state index contributed by atoms with van der Waals surface area (Å²) in [4.78, 5) is 11.2. The standard InChI is InChI=1S/C24H25N5O7S/c1-5-21(30)25-13-16-9-10-29(26-16)14-15-11-19(35-4)22-20(12-15)36-27-24(22)28-37(31,32)23-17(33-2)7-6-8-18(23)34-3/h5-12H,1,13-14H2,2-4H3,(H,25,30)(H,27,28). The number of carbonyl (C=O) groups excluding carboxylic acids is 1. The van der Waals surface area contributed by atoms with Crippen LogP contribution in [-0.2, 0) is 27.9 Å². The molecule has 2 aromatic carbocycles. The van der Waals surface area contributed by atoms with Gasteiger partial charge in [0, 0.05) is 6.20 Å². The summed E-state index contributed by atoms with van der Waals surface area (Å²) in [7, 11) is 0.00634. The molecule has 13 heteroatoms. The molecule has 0 bridgehead atoms. The van der Waals surface area contributed by atoms with Gasteiger partial charge >= 0.3 is 0 Å². The first-order valence-corrected chi connectivity index (χ1v) is 12.4. The molecular formula is C24H25N5O7S. The van der Waals surface area contributed by atoms with Crippen molar-refractivity contribution < 1.29 is 31.9 Å². The summed E-state index contributed by atoms with van der Waals surface area (Å²) in [6.45, 7) is 4.04. The van der Waals surface area contributed by atoms with Crippen LogP contribution in [0.1, 0.15) is 11.3 Å². The van der Waals surface area contributed by atoms with E-state index in [1.54, 1.807) is 35.1 Å². The topological polar surface area (TPSA) is 147 Å². The number of sulfonamides is 1. The number of nitrogens with one attached hydrogen (secondary N) is 2. The van der Waals surface area contributed by atoms with Gasteiger partial charge in [-0.15, -0.1) is 0 Å². The highest BCUT2D eigenvalue weighted by Crippen LogP contribution is 2.38. The number of amides is 1. The predicted molar refractivity (Wildman–Crippen MR) is 134 cm³/mol. The van der Waals surface area contributed by atoms with Crippen LogP contribution in [0.25, 0.3) is 11.0 Å². The van der Waals surface area contributed by atoms with Crippen LogP contribution < -0.4 is 24.2 Å². The Balaban J connectivity index is 1.62. The van der Waals surface area contributed by atoms with Crippen LogP contribution in [-0.4, -0.2) is 50.6 Å². The van der Waals surface area contributed by atoms with Crippen LogP contribution in [0.15, 0.2) is 64.7 Å². The van der Waals surface area contributed by atoms with E-state index in [0.717, 1.165) is 5.56 Å². The number of hydrogen-bond donors (Lipinski definition) is 2. The van der Waals surface area contributed by atoms with Gasteiger partial charge in [-0.2, -0.15) is 5.10 Å². The first-order chi connectivity index (χ1) is 17.8. The van der Waals surface area contributed by atoms with Crippen molar-refractivity contribution >= 4 is 32.7 Å². The molecule has 0 aliphatic carbocycles. The molecule has 37 heavy (non-hydrogen) atoms. The van der Waals surface area contributed by atoms with Gasteiger partial charge in [-0.3, -0.25) is 14.2 Å². The average molecular weight is 528 g/mol. The van der Waals surface area contributed by atoms with Crippen molar-refractivity contribution in [2.24, 2.45) is 0 Å². The van der Waals surface area contributed by atoms with E-state index >= 15 is 0 Å². The number of methoxy groups -OCH3 is 3. The van der Waals surface area contributed by atoms with Crippen molar-refractivity contribution in [1.82, 2.24) is 20.3 Å². The molecule has 0 radical (unpaired) electrons. The van der Waals surface area contributed by atoms with Crippen molar-refractivity contribution in [3.05, 3.63) is 66.5 Å². The summed E-state index contributed by atoms with van der Waals surface area (Å²) in [5, 5.41) is 11.4. The highest BCUT2D eigenvalue weighted by Gasteiger charge is 2.28. The lowest BCUT2D eigenvalue weighted by Gasteiger charge is -2.14. The lowest BCUT2D eigenvalue weighted by atomic mass is 10.1. The summed E-state index contributed by atoms with van der Waals surface area (Å²) < 4.78 is 52.1. The third kappa shape index (κ3) is 5.35. The van der Waals surface area contributed by atoms with Gasteiger partial charge in [0.2, 0.25) is 5.91 Å². The second kappa shape index (κ2) is 10.6. The normalized spacial score (nSPS) is 11.2. The van der Waals surface area contributed by atoms with Gasteiger partial charge in [0.05, 0.1) is 40.1 Å². The predicted octanol–water partition coefficient (Wildman–Crippen LogP) is 2.70. The zero-order valence-electron chi connectivity index (χ0n) is 20.3. The number of benzene rings is 2. The zero-order valence-corrected chi connectivity index (χ0v) is 21.2. The van der Waals surface area contributed by atoms with E-state index in [-0.39, 0.29) is 34.7 Å². The first kappa shape index (κ1) is 25.6. The van der Waals surface area contributed by atoms with Crippen molar-refractivity contribution in [3.8, 4) is 17.2 Å². The molecule has 0 atom stereocenters. The monoisotopic (exact) mass is 527 g/mol. The Labute approximate surface area is 212 Å². The number of hydrogen-bond acceptors (Lipinski definition) is 9. The Kier molecular flexibility index (Phi) is 7.34. The second-order valence-electron chi connectivity index (χ2n) is 7.73. The summed E-state index contributed by atoms with van der Waals surface area (Å²) in [5.41, 5.74) is 1.75. The molecule has 0 aliphatic heterocycles. The van der Waals surface area contributed by atoms with E-state index in [2.05, 4.69) is 26.9 Å². The molecule has 0 saturated carbocycles. The van der Waals surface area contributed by atoms with Crippen LogP contribution in [0, 0.1) is 0 Å². The molecule has 0 aliphatic rings. The van der Waals surface area contributed by atoms with Gasteiger partial charge in [0.25, 0.3) is 10.0 Å². The largest absolute Gasteiger partial charge is 0.496 e. The number of fused-ring (bicyclic) bond motifs is 1. The number of rotatable bonds is 11. The highest BCUT2D eigenvalue weighted by molar-refractivity contribution is 7.93. The fourth-order valence-corrected chi connectivity index (χ4v) is 5.02. The maximum absolute atomic E-state index is 13.3. The SMILES string of the molecule is C=CC(=O)NCc1ccn(Cc2cc(OC)c3c(NS(=O)(=O)c4c(OC)cccc4OC)noc3c2)n1. The number of nitrogens with zero attached hydrogens (tertiary/aromatic N) is 3.